The monoisotopic (exact) mass is 279 g/mol. The molecular weight excluding hydrogens is 262 g/mol. The van der Waals surface area contributed by atoms with Crippen molar-refractivity contribution in [1.29, 1.82) is 0 Å². The molecule has 0 spiro atoms. The molecule has 4 nitrogen and oxygen atoms in total. The summed E-state index contributed by atoms with van der Waals surface area (Å²) in [4.78, 5) is 14.1. The third-order valence-electron chi connectivity index (χ3n) is 3.94. The number of hydrogen-bond donors (Lipinski definition) is 2. The molecule has 2 fully saturated rings. The van der Waals surface area contributed by atoms with E-state index in [0.29, 0.717) is 0 Å². The highest BCUT2D eigenvalue weighted by Crippen LogP contribution is 2.32. The number of nitrogens with one attached hydrogen (secondary N) is 1. The number of rotatable bonds is 3. The molecule has 1 aliphatic heterocycles. The molecule has 1 saturated carbocycles. The minimum absolute atomic E-state index is 0.00504. The third kappa shape index (κ3) is 2.69. The molecule has 0 bridgehead atoms. The van der Waals surface area contributed by atoms with Gasteiger partial charge in [-0.2, -0.15) is 0 Å². The van der Waals surface area contributed by atoms with Gasteiger partial charge in [0, 0.05) is 29.8 Å². The Labute approximate surface area is 117 Å². The molecule has 1 atom stereocenters. The van der Waals surface area contributed by atoms with Gasteiger partial charge in [0.15, 0.2) is 0 Å². The van der Waals surface area contributed by atoms with Crippen LogP contribution in [-0.4, -0.2) is 30.6 Å². The Kier molecular flexibility index (Phi) is 3.15. The smallest absolute Gasteiger partial charge is 0.240 e. The minimum atomic E-state index is -0.580. The van der Waals surface area contributed by atoms with E-state index in [-0.39, 0.29) is 11.9 Å². The van der Waals surface area contributed by atoms with Crippen LogP contribution < -0.4 is 16.0 Å². The minimum Gasteiger partial charge on any atom is -0.369 e. The molecule has 1 unspecified atom stereocenters. The van der Waals surface area contributed by atoms with Crippen LogP contribution in [0, 0.1) is 0 Å². The van der Waals surface area contributed by atoms with Crippen LogP contribution in [0.15, 0.2) is 24.3 Å². The van der Waals surface area contributed by atoms with E-state index >= 15 is 0 Å². The Balaban J connectivity index is 1.59. The first-order valence-corrected chi connectivity index (χ1v) is 7.05. The van der Waals surface area contributed by atoms with Gasteiger partial charge in [0.05, 0.1) is 5.54 Å². The van der Waals surface area contributed by atoms with Crippen molar-refractivity contribution in [3.8, 4) is 0 Å². The van der Waals surface area contributed by atoms with E-state index in [1.807, 2.05) is 24.3 Å². The van der Waals surface area contributed by atoms with E-state index in [2.05, 4.69) is 10.2 Å². The topological polar surface area (TPSA) is 58.4 Å². The molecule has 1 amide bonds. The van der Waals surface area contributed by atoms with Crippen LogP contribution in [0.2, 0.25) is 5.02 Å². The summed E-state index contributed by atoms with van der Waals surface area (Å²) in [6.45, 7) is 1.75. The Hall–Kier alpha value is -1.26. The van der Waals surface area contributed by atoms with Gasteiger partial charge in [-0.25, -0.2) is 0 Å². The SMILES string of the molecule is NC1(C(=O)NC2CCN(c3cccc(Cl)c3)C2)CC1. The molecule has 1 saturated heterocycles. The van der Waals surface area contributed by atoms with Gasteiger partial charge in [-0.15, -0.1) is 0 Å². The molecular formula is C14H18ClN3O. The molecule has 0 radical (unpaired) electrons. The van der Waals surface area contributed by atoms with Gasteiger partial charge in [0.2, 0.25) is 5.91 Å². The largest absolute Gasteiger partial charge is 0.369 e. The molecule has 1 aliphatic carbocycles. The Morgan fingerprint density at radius 3 is 2.95 bits per heavy atom. The molecule has 102 valence electrons. The molecule has 3 N–H and O–H groups in total. The van der Waals surface area contributed by atoms with E-state index in [1.54, 1.807) is 0 Å². The van der Waals surface area contributed by atoms with Crippen LogP contribution in [-0.2, 0) is 4.79 Å². The molecule has 0 aromatic heterocycles. The van der Waals surface area contributed by atoms with E-state index < -0.39 is 5.54 Å². The number of benzene rings is 1. The fourth-order valence-corrected chi connectivity index (χ4v) is 2.66. The average Bonchev–Trinajstić information content (AvgIpc) is 2.97. The van der Waals surface area contributed by atoms with Crippen molar-refractivity contribution in [3.05, 3.63) is 29.3 Å². The molecule has 1 heterocycles. The van der Waals surface area contributed by atoms with Crippen molar-refractivity contribution < 1.29 is 4.79 Å². The van der Waals surface area contributed by atoms with Gasteiger partial charge in [0.1, 0.15) is 0 Å². The predicted octanol–water partition coefficient (Wildman–Crippen LogP) is 1.53. The van der Waals surface area contributed by atoms with Crippen molar-refractivity contribution in [3.63, 3.8) is 0 Å². The summed E-state index contributed by atoms with van der Waals surface area (Å²) >= 11 is 6.00. The van der Waals surface area contributed by atoms with E-state index in [4.69, 9.17) is 17.3 Å². The lowest BCUT2D eigenvalue weighted by Gasteiger charge is -2.20. The third-order valence-corrected chi connectivity index (χ3v) is 4.17. The number of halogens is 1. The van der Waals surface area contributed by atoms with Gasteiger partial charge >= 0.3 is 0 Å². The molecule has 19 heavy (non-hydrogen) atoms. The number of anilines is 1. The van der Waals surface area contributed by atoms with Gasteiger partial charge in [0.25, 0.3) is 0 Å². The van der Waals surface area contributed by atoms with Crippen LogP contribution >= 0.6 is 11.6 Å². The van der Waals surface area contributed by atoms with Crippen molar-refractivity contribution in [1.82, 2.24) is 5.32 Å². The maximum Gasteiger partial charge on any atom is 0.240 e. The zero-order chi connectivity index (χ0) is 13.5. The molecule has 2 aliphatic rings. The highest BCUT2D eigenvalue weighted by molar-refractivity contribution is 6.30. The first-order chi connectivity index (χ1) is 9.07. The number of amides is 1. The van der Waals surface area contributed by atoms with Gasteiger partial charge in [-0.3, -0.25) is 4.79 Å². The number of carbonyl (C=O) groups excluding carboxylic acids is 1. The number of nitrogens with zero attached hydrogens (tertiary/aromatic N) is 1. The van der Waals surface area contributed by atoms with Crippen LogP contribution in [0.3, 0.4) is 0 Å². The summed E-state index contributed by atoms with van der Waals surface area (Å²) in [7, 11) is 0. The lowest BCUT2D eigenvalue weighted by atomic mass is 10.2. The van der Waals surface area contributed by atoms with Crippen LogP contribution in [0.1, 0.15) is 19.3 Å². The van der Waals surface area contributed by atoms with Crippen LogP contribution in [0.4, 0.5) is 5.69 Å². The summed E-state index contributed by atoms with van der Waals surface area (Å²) in [6, 6.07) is 8.00. The fraction of sp³-hybridized carbons (Fsp3) is 0.500. The fourth-order valence-electron chi connectivity index (χ4n) is 2.48. The van der Waals surface area contributed by atoms with Gasteiger partial charge in [-0.05, 0) is 37.5 Å². The van der Waals surface area contributed by atoms with Gasteiger partial charge in [-0.1, -0.05) is 17.7 Å². The molecule has 3 rings (SSSR count). The Morgan fingerprint density at radius 1 is 1.47 bits per heavy atom. The number of nitrogens with two attached hydrogens (primary N) is 1. The zero-order valence-corrected chi connectivity index (χ0v) is 11.5. The van der Waals surface area contributed by atoms with Crippen molar-refractivity contribution in [2.75, 3.05) is 18.0 Å². The highest BCUT2D eigenvalue weighted by Gasteiger charge is 2.46. The normalized spacial score (nSPS) is 24.3. The van der Waals surface area contributed by atoms with E-state index in [0.717, 1.165) is 43.1 Å². The maximum atomic E-state index is 11.9. The van der Waals surface area contributed by atoms with Crippen molar-refractivity contribution >= 4 is 23.2 Å². The second-order valence-corrected chi connectivity index (χ2v) is 5.98. The second kappa shape index (κ2) is 4.69. The summed E-state index contributed by atoms with van der Waals surface area (Å²) in [5.41, 5.74) is 6.42. The number of hydrogen-bond acceptors (Lipinski definition) is 3. The first-order valence-electron chi connectivity index (χ1n) is 6.67. The highest BCUT2D eigenvalue weighted by atomic mass is 35.5. The lowest BCUT2D eigenvalue weighted by Crippen LogP contribution is -2.47. The maximum absolute atomic E-state index is 11.9. The molecule has 5 heteroatoms. The predicted molar refractivity (Wildman–Crippen MR) is 76.4 cm³/mol. The summed E-state index contributed by atoms with van der Waals surface area (Å²) in [6.07, 6.45) is 2.57. The quantitative estimate of drug-likeness (QED) is 0.882. The van der Waals surface area contributed by atoms with Crippen LogP contribution in [0.25, 0.3) is 0 Å². The summed E-state index contributed by atoms with van der Waals surface area (Å²) in [5.74, 6) is 0.00504. The summed E-state index contributed by atoms with van der Waals surface area (Å²) < 4.78 is 0. The standard InChI is InChI=1S/C14H18ClN3O/c15-10-2-1-3-12(8-10)18-7-4-11(9-18)17-13(19)14(16)5-6-14/h1-3,8,11H,4-7,9,16H2,(H,17,19). The molecule has 1 aromatic carbocycles. The number of carbonyl (C=O) groups is 1. The van der Waals surface area contributed by atoms with Crippen molar-refractivity contribution in [2.24, 2.45) is 5.73 Å². The first kappa shape index (κ1) is 12.8. The Bertz CT molecular complexity index is 501. The van der Waals surface area contributed by atoms with Crippen molar-refractivity contribution in [2.45, 2.75) is 30.8 Å². The zero-order valence-electron chi connectivity index (χ0n) is 10.7. The average molecular weight is 280 g/mol. The molecule has 1 aromatic rings. The van der Waals surface area contributed by atoms with Gasteiger partial charge < -0.3 is 16.0 Å². The lowest BCUT2D eigenvalue weighted by molar-refractivity contribution is -0.123. The Morgan fingerprint density at radius 2 is 2.26 bits per heavy atom. The van der Waals surface area contributed by atoms with E-state index in [1.165, 1.54) is 0 Å². The summed E-state index contributed by atoms with van der Waals surface area (Å²) in [5, 5.41) is 3.80. The van der Waals surface area contributed by atoms with Crippen LogP contribution in [0.5, 0.6) is 0 Å². The van der Waals surface area contributed by atoms with E-state index in [9.17, 15) is 4.79 Å². The second-order valence-electron chi connectivity index (χ2n) is 5.54.